The second-order valence-corrected chi connectivity index (χ2v) is 7.24. The molecular formula is C20H23BrO5. The Labute approximate surface area is 161 Å². The van der Waals surface area contributed by atoms with E-state index in [1.165, 1.54) is 0 Å². The van der Waals surface area contributed by atoms with Crippen LogP contribution < -0.4 is 4.74 Å². The third kappa shape index (κ3) is 4.27. The van der Waals surface area contributed by atoms with E-state index in [2.05, 4.69) is 15.9 Å². The number of aliphatic hydroxyl groups is 2. The summed E-state index contributed by atoms with van der Waals surface area (Å²) in [6, 6.07) is 15.4. The lowest BCUT2D eigenvalue weighted by molar-refractivity contribution is -0.298. The molecule has 26 heavy (non-hydrogen) atoms. The molecule has 0 radical (unpaired) electrons. The van der Waals surface area contributed by atoms with Gasteiger partial charge in [0.2, 0.25) is 0 Å². The summed E-state index contributed by atoms with van der Waals surface area (Å²) in [5.74, 6) is -0.302. The quantitative estimate of drug-likeness (QED) is 0.746. The van der Waals surface area contributed by atoms with Gasteiger partial charge in [0.25, 0.3) is 0 Å². The first-order valence-electron chi connectivity index (χ1n) is 8.55. The minimum atomic E-state index is -1.09. The van der Waals surface area contributed by atoms with Crippen molar-refractivity contribution in [1.29, 1.82) is 0 Å². The maximum Gasteiger partial charge on any atom is 0.197 e. The average molecular weight is 423 g/mol. The van der Waals surface area contributed by atoms with Gasteiger partial charge in [-0.05, 0) is 24.3 Å². The molecule has 2 aromatic rings. The smallest absolute Gasteiger partial charge is 0.197 e. The highest BCUT2D eigenvalue weighted by Gasteiger charge is 2.43. The molecule has 0 bridgehead atoms. The number of benzene rings is 2. The van der Waals surface area contributed by atoms with Crippen molar-refractivity contribution >= 4 is 15.9 Å². The van der Waals surface area contributed by atoms with Crippen LogP contribution in [0.1, 0.15) is 24.0 Å². The molecule has 0 saturated carbocycles. The highest BCUT2D eigenvalue weighted by Crippen LogP contribution is 2.39. The van der Waals surface area contributed by atoms with Crippen molar-refractivity contribution in [1.82, 2.24) is 0 Å². The Kier molecular flexibility index (Phi) is 6.32. The lowest BCUT2D eigenvalue weighted by atomic mass is 9.92. The molecule has 1 fully saturated rings. The van der Waals surface area contributed by atoms with E-state index in [-0.39, 0.29) is 6.61 Å². The Balaban J connectivity index is 1.85. The number of halogens is 1. The van der Waals surface area contributed by atoms with Crippen molar-refractivity contribution in [3.63, 3.8) is 0 Å². The first-order valence-corrected chi connectivity index (χ1v) is 9.34. The number of methoxy groups -OCH3 is 1. The largest absolute Gasteiger partial charge is 0.489 e. The monoisotopic (exact) mass is 422 g/mol. The summed E-state index contributed by atoms with van der Waals surface area (Å²) in [6.45, 7) is 0.215. The van der Waals surface area contributed by atoms with Gasteiger partial charge < -0.3 is 24.4 Å². The number of aliphatic hydroxyl groups excluding tert-OH is 2. The van der Waals surface area contributed by atoms with E-state index >= 15 is 0 Å². The zero-order chi connectivity index (χ0) is 18.6. The van der Waals surface area contributed by atoms with Gasteiger partial charge in [0.15, 0.2) is 5.79 Å². The molecule has 2 N–H and O–H groups in total. The summed E-state index contributed by atoms with van der Waals surface area (Å²) in [4.78, 5) is 0. The van der Waals surface area contributed by atoms with Crippen LogP contribution in [0, 0.1) is 0 Å². The fourth-order valence-electron chi connectivity index (χ4n) is 3.21. The Hall–Kier alpha value is -1.44. The Morgan fingerprint density at radius 3 is 2.69 bits per heavy atom. The normalized spacial score (nSPS) is 25.8. The number of ether oxygens (including phenoxy) is 3. The Morgan fingerprint density at radius 2 is 2.00 bits per heavy atom. The van der Waals surface area contributed by atoms with Crippen LogP contribution in [-0.2, 0) is 21.9 Å². The molecule has 0 aliphatic carbocycles. The van der Waals surface area contributed by atoms with Gasteiger partial charge >= 0.3 is 0 Å². The van der Waals surface area contributed by atoms with E-state index in [9.17, 15) is 10.2 Å². The van der Waals surface area contributed by atoms with E-state index in [0.29, 0.717) is 19.4 Å². The van der Waals surface area contributed by atoms with Crippen LogP contribution in [0.5, 0.6) is 5.75 Å². The number of hydrogen-bond donors (Lipinski definition) is 2. The van der Waals surface area contributed by atoms with Gasteiger partial charge in [-0.1, -0.05) is 40.2 Å². The SMILES string of the molecule is COC1(c2ccc(Br)c(COc3ccccc3)c2)CC(O)CC(CO)O1. The van der Waals surface area contributed by atoms with Gasteiger partial charge in [-0.3, -0.25) is 0 Å². The summed E-state index contributed by atoms with van der Waals surface area (Å²) in [6.07, 6.45) is -0.372. The second kappa shape index (κ2) is 8.50. The predicted octanol–water partition coefficient (Wildman–Crippen LogP) is 3.36. The van der Waals surface area contributed by atoms with Crippen LogP contribution in [0.15, 0.2) is 53.0 Å². The Morgan fingerprint density at radius 1 is 1.23 bits per heavy atom. The average Bonchev–Trinajstić information content (AvgIpc) is 2.67. The molecule has 2 aromatic carbocycles. The van der Waals surface area contributed by atoms with Crippen LogP contribution in [0.3, 0.4) is 0 Å². The topological polar surface area (TPSA) is 68.2 Å². The molecule has 0 spiro atoms. The standard InChI is InChI=1S/C20H23BrO5/c1-24-20(11-16(23)10-18(12-22)26-20)15-7-8-19(21)14(9-15)13-25-17-5-3-2-4-6-17/h2-9,16,18,22-23H,10-13H2,1H3. The van der Waals surface area contributed by atoms with Crippen LogP contribution in [-0.4, -0.2) is 36.1 Å². The summed E-state index contributed by atoms with van der Waals surface area (Å²) in [5, 5.41) is 19.7. The van der Waals surface area contributed by atoms with E-state index in [1.54, 1.807) is 7.11 Å². The molecule has 1 aliphatic rings. The minimum Gasteiger partial charge on any atom is -0.489 e. The predicted molar refractivity (Wildman–Crippen MR) is 101 cm³/mol. The fraction of sp³-hybridized carbons (Fsp3) is 0.400. The van der Waals surface area contributed by atoms with Gasteiger partial charge in [0, 0.05) is 35.6 Å². The van der Waals surface area contributed by atoms with Crippen molar-refractivity contribution in [3.05, 3.63) is 64.1 Å². The molecule has 1 saturated heterocycles. The lowest BCUT2D eigenvalue weighted by Gasteiger charge is -2.42. The van der Waals surface area contributed by atoms with Crippen LogP contribution >= 0.6 is 15.9 Å². The van der Waals surface area contributed by atoms with Crippen molar-refractivity contribution in [3.8, 4) is 5.75 Å². The van der Waals surface area contributed by atoms with Gasteiger partial charge in [0.05, 0.1) is 18.8 Å². The molecule has 1 aliphatic heterocycles. The summed E-state index contributed by atoms with van der Waals surface area (Å²) in [7, 11) is 1.55. The maximum absolute atomic E-state index is 10.2. The molecule has 0 amide bonds. The molecule has 3 unspecified atom stereocenters. The first kappa shape index (κ1) is 19.3. The van der Waals surface area contributed by atoms with E-state index < -0.39 is 18.0 Å². The third-order valence-electron chi connectivity index (χ3n) is 4.55. The van der Waals surface area contributed by atoms with Crippen LogP contribution in [0.2, 0.25) is 0 Å². The zero-order valence-electron chi connectivity index (χ0n) is 14.6. The van der Waals surface area contributed by atoms with Crippen molar-refractivity contribution < 1.29 is 24.4 Å². The minimum absolute atomic E-state index is 0.164. The molecule has 3 atom stereocenters. The highest BCUT2D eigenvalue weighted by molar-refractivity contribution is 9.10. The fourth-order valence-corrected chi connectivity index (χ4v) is 3.57. The maximum atomic E-state index is 10.2. The number of para-hydroxylation sites is 1. The molecule has 3 rings (SSSR count). The zero-order valence-corrected chi connectivity index (χ0v) is 16.2. The molecule has 5 nitrogen and oxygen atoms in total. The van der Waals surface area contributed by atoms with Gasteiger partial charge in [-0.15, -0.1) is 0 Å². The van der Waals surface area contributed by atoms with Crippen molar-refractivity contribution in [2.24, 2.45) is 0 Å². The molecule has 6 heteroatoms. The van der Waals surface area contributed by atoms with Crippen LogP contribution in [0.4, 0.5) is 0 Å². The van der Waals surface area contributed by atoms with Crippen LogP contribution in [0.25, 0.3) is 0 Å². The van der Waals surface area contributed by atoms with Gasteiger partial charge in [-0.25, -0.2) is 0 Å². The highest BCUT2D eigenvalue weighted by atomic mass is 79.9. The summed E-state index contributed by atoms with van der Waals surface area (Å²) >= 11 is 3.55. The molecule has 1 heterocycles. The third-order valence-corrected chi connectivity index (χ3v) is 5.33. The van der Waals surface area contributed by atoms with E-state index in [4.69, 9.17) is 14.2 Å². The van der Waals surface area contributed by atoms with Gasteiger partial charge in [-0.2, -0.15) is 0 Å². The van der Waals surface area contributed by atoms with E-state index in [1.807, 2.05) is 48.5 Å². The number of rotatable bonds is 6. The van der Waals surface area contributed by atoms with E-state index in [0.717, 1.165) is 21.3 Å². The molecule has 0 aromatic heterocycles. The number of hydrogen-bond acceptors (Lipinski definition) is 5. The first-order chi connectivity index (χ1) is 12.6. The molecular weight excluding hydrogens is 400 g/mol. The second-order valence-electron chi connectivity index (χ2n) is 6.38. The Bertz CT molecular complexity index is 723. The summed E-state index contributed by atoms with van der Waals surface area (Å²) < 4.78 is 18.4. The van der Waals surface area contributed by atoms with Crippen molar-refractivity contribution in [2.75, 3.05) is 13.7 Å². The summed E-state index contributed by atoms with van der Waals surface area (Å²) in [5.41, 5.74) is 1.72. The lowest BCUT2D eigenvalue weighted by Crippen LogP contribution is -2.46. The van der Waals surface area contributed by atoms with Crippen molar-refractivity contribution in [2.45, 2.75) is 37.4 Å². The molecule has 140 valence electrons. The van der Waals surface area contributed by atoms with Gasteiger partial charge in [0.1, 0.15) is 12.4 Å².